The second-order valence-corrected chi connectivity index (χ2v) is 8.44. The van der Waals surface area contributed by atoms with Crippen molar-refractivity contribution in [2.75, 3.05) is 13.1 Å². The van der Waals surface area contributed by atoms with Crippen molar-refractivity contribution in [3.8, 4) is 0 Å². The molecule has 2 aliphatic rings. The monoisotopic (exact) mass is 344 g/mol. The zero-order valence-corrected chi connectivity index (χ0v) is 15.7. The van der Waals surface area contributed by atoms with Crippen molar-refractivity contribution in [3.05, 3.63) is 35.9 Å². The van der Waals surface area contributed by atoms with Gasteiger partial charge in [0.05, 0.1) is 17.7 Å². The normalized spacial score (nSPS) is 30.4. The lowest BCUT2D eigenvalue weighted by molar-refractivity contribution is -0.129. The van der Waals surface area contributed by atoms with Gasteiger partial charge in [-0.3, -0.25) is 9.69 Å². The molecule has 1 amide bonds. The van der Waals surface area contributed by atoms with Crippen molar-refractivity contribution in [1.29, 1.82) is 0 Å². The molecule has 4 heteroatoms. The summed E-state index contributed by atoms with van der Waals surface area (Å²) in [5, 5.41) is 14.3. The summed E-state index contributed by atoms with van der Waals surface area (Å²) in [5.74, 6) is 0.897. The van der Waals surface area contributed by atoms with Gasteiger partial charge in [-0.25, -0.2) is 0 Å². The largest absolute Gasteiger partial charge is 0.388 e. The van der Waals surface area contributed by atoms with E-state index in [1.165, 1.54) is 5.56 Å². The third kappa shape index (κ3) is 4.42. The van der Waals surface area contributed by atoms with Crippen LogP contribution in [0.3, 0.4) is 0 Å². The van der Waals surface area contributed by atoms with Gasteiger partial charge in [0.25, 0.3) is 0 Å². The van der Waals surface area contributed by atoms with Gasteiger partial charge in [0.1, 0.15) is 0 Å². The lowest BCUT2D eigenvalue weighted by atomic mass is 9.79. The zero-order valence-electron chi connectivity index (χ0n) is 15.7. The highest BCUT2D eigenvalue weighted by Crippen LogP contribution is 2.38. The molecular weight excluding hydrogens is 312 g/mol. The Hall–Kier alpha value is -1.39. The molecule has 0 spiro atoms. The van der Waals surface area contributed by atoms with E-state index in [9.17, 15) is 9.90 Å². The van der Waals surface area contributed by atoms with Crippen molar-refractivity contribution < 1.29 is 9.90 Å². The Kier molecular flexibility index (Phi) is 5.49. The van der Waals surface area contributed by atoms with Crippen LogP contribution in [0.15, 0.2) is 30.3 Å². The van der Waals surface area contributed by atoms with E-state index < -0.39 is 5.60 Å². The van der Waals surface area contributed by atoms with Crippen LogP contribution in [0, 0.1) is 11.8 Å². The minimum Gasteiger partial charge on any atom is -0.388 e. The molecule has 138 valence electrons. The van der Waals surface area contributed by atoms with Crippen LogP contribution in [-0.2, 0) is 4.79 Å². The number of carbonyl (C=O) groups is 1. The molecule has 1 aromatic rings. The number of nitrogens with one attached hydrogen (secondary N) is 1. The number of piperidine rings is 1. The number of aliphatic hydroxyl groups is 1. The van der Waals surface area contributed by atoms with Crippen LogP contribution in [0.1, 0.15) is 58.1 Å². The third-order valence-corrected chi connectivity index (χ3v) is 5.66. The van der Waals surface area contributed by atoms with Crippen LogP contribution in [0.25, 0.3) is 0 Å². The number of amides is 1. The molecular formula is C21H32N2O2. The Balaban J connectivity index is 1.88. The molecule has 1 heterocycles. The molecule has 3 unspecified atom stereocenters. The number of benzene rings is 1. The maximum absolute atomic E-state index is 12.5. The second-order valence-electron chi connectivity index (χ2n) is 8.44. The summed E-state index contributed by atoms with van der Waals surface area (Å²) >= 11 is 0. The summed E-state index contributed by atoms with van der Waals surface area (Å²) in [5.41, 5.74) is 0.284. The fourth-order valence-electron chi connectivity index (χ4n) is 3.79. The first kappa shape index (κ1) is 18.4. The minimum atomic E-state index is -0.889. The second kappa shape index (κ2) is 7.46. The molecule has 3 atom stereocenters. The summed E-state index contributed by atoms with van der Waals surface area (Å²) in [6.07, 6.45) is 3.76. The molecule has 4 nitrogen and oxygen atoms in total. The van der Waals surface area contributed by atoms with Crippen molar-refractivity contribution >= 4 is 5.91 Å². The third-order valence-electron chi connectivity index (χ3n) is 5.66. The van der Waals surface area contributed by atoms with Crippen LogP contribution < -0.4 is 5.32 Å². The predicted octanol–water partition coefficient (Wildman–Crippen LogP) is 3.13. The number of carbonyl (C=O) groups excluding carboxylic acids is 1. The summed E-state index contributed by atoms with van der Waals surface area (Å²) in [6, 6.07) is 10.1. The van der Waals surface area contributed by atoms with E-state index in [0.29, 0.717) is 12.3 Å². The van der Waals surface area contributed by atoms with Crippen LogP contribution in [0.5, 0.6) is 0 Å². The number of nitrogens with zero attached hydrogens (tertiary/aromatic N) is 1. The summed E-state index contributed by atoms with van der Waals surface area (Å²) < 4.78 is 0. The van der Waals surface area contributed by atoms with Gasteiger partial charge < -0.3 is 10.4 Å². The molecule has 1 aliphatic carbocycles. The molecule has 25 heavy (non-hydrogen) atoms. The molecule has 1 aliphatic heterocycles. The highest BCUT2D eigenvalue weighted by molar-refractivity contribution is 5.81. The van der Waals surface area contributed by atoms with E-state index >= 15 is 0 Å². The van der Waals surface area contributed by atoms with Gasteiger partial charge in [-0.05, 0) is 50.6 Å². The van der Waals surface area contributed by atoms with E-state index in [4.69, 9.17) is 0 Å². The van der Waals surface area contributed by atoms with Gasteiger partial charge in [-0.1, -0.05) is 44.2 Å². The minimum absolute atomic E-state index is 0.0198. The standard InChI is InChI=1S/C21H32N2O2/c1-15(2)11-13-23-14-12-21(3,25)19(22-20(24)17-9-10-17)18(23)16-7-5-4-6-8-16/h4-8,15,17-19,25H,9-14H2,1-3H3,(H,22,24). The quantitative estimate of drug-likeness (QED) is 0.834. The summed E-state index contributed by atoms with van der Waals surface area (Å²) in [7, 11) is 0. The van der Waals surface area contributed by atoms with E-state index in [1.54, 1.807) is 0 Å². The van der Waals surface area contributed by atoms with Crippen LogP contribution in [-0.4, -0.2) is 40.6 Å². The molecule has 2 fully saturated rings. The topological polar surface area (TPSA) is 52.6 Å². The smallest absolute Gasteiger partial charge is 0.223 e. The van der Waals surface area contributed by atoms with E-state index in [-0.39, 0.29) is 23.9 Å². The van der Waals surface area contributed by atoms with Crippen molar-refractivity contribution in [3.63, 3.8) is 0 Å². The van der Waals surface area contributed by atoms with Crippen LogP contribution >= 0.6 is 0 Å². The zero-order chi connectivity index (χ0) is 18.0. The molecule has 0 aromatic heterocycles. The molecule has 1 saturated heterocycles. The summed E-state index contributed by atoms with van der Waals surface area (Å²) in [6.45, 7) is 8.20. The fraction of sp³-hybridized carbons (Fsp3) is 0.667. The van der Waals surface area contributed by atoms with Gasteiger partial charge in [-0.15, -0.1) is 0 Å². The molecule has 2 N–H and O–H groups in total. The maximum atomic E-state index is 12.5. The van der Waals surface area contributed by atoms with Crippen molar-refractivity contribution in [2.45, 2.75) is 64.1 Å². The highest BCUT2D eigenvalue weighted by atomic mass is 16.3. The van der Waals surface area contributed by atoms with Gasteiger partial charge in [0.2, 0.25) is 5.91 Å². The fourth-order valence-corrected chi connectivity index (χ4v) is 3.79. The average Bonchev–Trinajstić information content (AvgIpc) is 3.41. The van der Waals surface area contributed by atoms with E-state index in [1.807, 2.05) is 25.1 Å². The van der Waals surface area contributed by atoms with Gasteiger partial charge in [0.15, 0.2) is 0 Å². The van der Waals surface area contributed by atoms with Gasteiger partial charge in [0, 0.05) is 12.5 Å². The van der Waals surface area contributed by atoms with Crippen LogP contribution in [0.4, 0.5) is 0 Å². The highest BCUT2D eigenvalue weighted by Gasteiger charge is 2.47. The Labute approximate surface area is 151 Å². The van der Waals surface area contributed by atoms with Gasteiger partial charge >= 0.3 is 0 Å². The number of likely N-dealkylation sites (tertiary alicyclic amines) is 1. The Morgan fingerprint density at radius 2 is 2.00 bits per heavy atom. The Morgan fingerprint density at radius 1 is 1.32 bits per heavy atom. The van der Waals surface area contributed by atoms with E-state index in [0.717, 1.165) is 32.4 Å². The average molecular weight is 344 g/mol. The SMILES string of the molecule is CC(C)CCN1CCC(C)(O)C(NC(=O)C2CC2)C1c1ccccc1. The summed E-state index contributed by atoms with van der Waals surface area (Å²) in [4.78, 5) is 14.9. The van der Waals surface area contributed by atoms with Gasteiger partial charge in [-0.2, -0.15) is 0 Å². The van der Waals surface area contributed by atoms with Crippen LogP contribution in [0.2, 0.25) is 0 Å². The first-order chi connectivity index (χ1) is 11.9. The maximum Gasteiger partial charge on any atom is 0.223 e. The number of hydrogen-bond donors (Lipinski definition) is 2. The Bertz CT molecular complexity index is 579. The predicted molar refractivity (Wildman–Crippen MR) is 100 cm³/mol. The van der Waals surface area contributed by atoms with Crippen molar-refractivity contribution in [2.24, 2.45) is 11.8 Å². The van der Waals surface area contributed by atoms with E-state index in [2.05, 4.69) is 36.2 Å². The molecule has 1 aromatic carbocycles. The molecule has 0 bridgehead atoms. The molecule has 0 radical (unpaired) electrons. The first-order valence-corrected chi connectivity index (χ1v) is 9.70. The lowest BCUT2D eigenvalue weighted by Crippen LogP contribution is -2.62. The number of rotatable bonds is 6. The number of hydrogen-bond acceptors (Lipinski definition) is 3. The first-order valence-electron chi connectivity index (χ1n) is 9.70. The van der Waals surface area contributed by atoms with Crippen molar-refractivity contribution in [1.82, 2.24) is 10.2 Å². The molecule has 1 saturated carbocycles. The Morgan fingerprint density at radius 3 is 2.60 bits per heavy atom. The molecule has 3 rings (SSSR count). The lowest BCUT2D eigenvalue weighted by Gasteiger charge is -2.49.